The van der Waals surface area contributed by atoms with Gasteiger partial charge in [0.05, 0.1) is 43.5 Å². The normalized spacial score (nSPS) is 17.0. The molecule has 1 unspecified atom stereocenters. The summed E-state index contributed by atoms with van der Waals surface area (Å²) in [7, 11) is 2.97. The summed E-state index contributed by atoms with van der Waals surface area (Å²) in [6.07, 6.45) is -0.438. The summed E-state index contributed by atoms with van der Waals surface area (Å²) in [5, 5.41) is 9.71. The van der Waals surface area contributed by atoms with Gasteiger partial charge in [-0.25, -0.2) is 0 Å². The van der Waals surface area contributed by atoms with Gasteiger partial charge in [0, 0.05) is 32.2 Å². The third-order valence-corrected chi connectivity index (χ3v) is 7.88. The van der Waals surface area contributed by atoms with Crippen LogP contribution in [0.15, 0.2) is 66.7 Å². The quantitative estimate of drug-likeness (QED) is 0.397. The Kier molecular flexibility index (Phi) is 7.75. The van der Waals surface area contributed by atoms with Crippen LogP contribution in [0.25, 0.3) is 0 Å². The molecule has 40 heavy (non-hydrogen) atoms. The molecule has 3 aromatic carbocycles. The van der Waals surface area contributed by atoms with Crippen LogP contribution in [0, 0.1) is 0 Å². The molecule has 2 amide bonds. The van der Waals surface area contributed by atoms with Gasteiger partial charge in [0.25, 0.3) is 11.8 Å². The second kappa shape index (κ2) is 11.4. The first kappa shape index (κ1) is 27.2. The van der Waals surface area contributed by atoms with E-state index in [0.717, 1.165) is 18.0 Å². The van der Waals surface area contributed by atoms with Gasteiger partial charge in [-0.3, -0.25) is 24.2 Å². The number of fused-ring (bicyclic) bond motifs is 1. The van der Waals surface area contributed by atoms with Crippen LogP contribution >= 0.6 is 0 Å². The van der Waals surface area contributed by atoms with Crippen molar-refractivity contribution in [1.29, 1.82) is 0 Å². The van der Waals surface area contributed by atoms with Gasteiger partial charge in [-0.15, -0.1) is 0 Å². The van der Waals surface area contributed by atoms with Crippen LogP contribution in [0.4, 0.5) is 5.69 Å². The number of benzene rings is 3. The SMILES string of the molecule is COc1ccc([C@H](CC(=O)O)N2C(=O)c3cccc(N4CCN(C(C)c5ccccc5)CC4)c3C2=O)cc1OC. The first-order valence-corrected chi connectivity index (χ1v) is 13.3. The molecule has 2 heterocycles. The third kappa shape index (κ3) is 5.00. The maximum absolute atomic E-state index is 13.9. The molecule has 3 aromatic rings. The zero-order chi connectivity index (χ0) is 28.4. The predicted octanol–water partition coefficient (Wildman–Crippen LogP) is 4.40. The van der Waals surface area contributed by atoms with Crippen LogP contribution in [0.1, 0.15) is 57.3 Å². The number of imide groups is 1. The Bertz CT molecular complexity index is 1420. The zero-order valence-electron chi connectivity index (χ0n) is 22.9. The van der Waals surface area contributed by atoms with Crippen LogP contribution in [-0.2, 0) is 4.79 Å². The van der Waals surface area contributed by atoms with E-state index in [1.165, 1.54) is 19.8 Å². The van der Waals surface area contributed by atoms with E-state index in [0.29, 0.717) is 47.0 Å². The van der Waals surface area contributed by atoms with E-state index in [4.69, 9.17) is 9.47 Å². The Morgan fingerprint density at radius 1 is 0.850 bits per heavy atom. The van der Waals surface area contributed by atoms with Crippen molar-refractivity contribution in [3.8, 4) is 11.5 Å². The van der Waals surface area contributed by atoms with E-state index in [-0.39, 0.29) is 6.04 Å². The standard InChI is InChI=1S/C31H33N3O6/c1-20(21-8-5-4-6-9-21)32-14-16-33(17-15-32)24-11-7-10-23-29(24)31(38)34(30(23)37)25(19-28(35)36)22-12-13-26(39-2)27(18-22)40-3/h4-13,18,20,25H,14-17,19H2,1-3H3,(H,35,36)/t20?,25-/m0/s1. The molecular weight excluding hydrogens is 510 g/mol. The zero-order valence-corrected chi connectivity index (χ0v) is 22.9. The molecule has 2 aliphatic rings. The second-order valence-electron chi connectivity index (χ2n) is 10.0. The van der Waals surface area contributed by atoms with Gasteiger partial charge in [-0.2, -0.15) is 0 Å². The fraction of sp³-hybridized carbons (Fsp3) is 0.323. The minimum absolute atomic E-state index is 0.266. The number of hydrogen-bond acceptors (Lipinski definition) is 7. The van der Waals surface area contributed by atoms with Gasteiger partial charge in [-0.05, 0) is 42.3 Å². The number of aliphatic carboxylic acids is 1. The van der Waals surface area contributed by atoms with E-state index < -0.39 is 30.2 Å². The molecule has 0 bridgehead atoms. The highest BCUT2D eigenvalue weighted by atomic mass is 16.5. The van der Waals surface area contributed by atoms with Crippen molar-refractivity contribution in [1.82, 2.24) is 9.80 Å². The minimum Gasteiger partial charge on any atom is -0.493 e. The number of amides is 2. The average Bonchev–Trinajstić information content (AvgIpc) is 3.24. The number of carbonyl (C=O) groups excluding carboxylic acids is 2. The minimum atomic E-state index is -1.12. The third-order valence-electron chi connectivity index (χ3n) is 7.88. The van der Waals surface area contributed by atoms with Crippen LogP contribution in [0.3, 0.4) is 0 Å². The second-order valence-corrected chi connectivity index (χ2v) is 10.0. The molecule has 208 valence electrons. The number of carboxylic acids is 1. The van der Waals surface area contributed by atoms with Crippen molar-refractivity contribution < 1.29 is 29.0 Å². The lowest BCUT2D eigenvalue weighted by atomic mass is 10.0. The Labute approximate surface area is 233 Å². The summed E-state index contributed by atoms with van der Waals surface area (Å²) < 4.78 is 10.7. The van der Waals surface area contributed by atoms with Crippen LogP contribution in [-0.4, -0.2) is 73.1 Å². The van der Waals surface area contributed by atoms with Crippen molar-refractivity contribution in [2.75, 3.05) is 45.3 Å². The summed E-state index contributed by atoms with van der Waals surface area (Å²) in [6, 6.07) is 19.8. The van der Waals surface area contributed by atoms with Crippen molar-refractivity contribution in [3.63, 3.8) is 0 Å². The van der Waals surface area contributed by atoms with Gasteiger partial charge in [0.2, 0.25) is 0 Å². The molecule has 9 heteroatoms. The highest BCUT2D eigenvalue weighted by Gasteiger charge is 2.44. The van der Waals surface area contributed by atoms with Crippen molar-refractivity contribution in [2.45, 2.75) is 25.4 Å². The highest BCUT2D eigenvalue weighted by Crippen LogP contribution is 2.40. The van der Waals surface area contributed by atoms with Gasteiger partial charge in [0.1, 0.15) is 0 Å². The monoisotopic (exact) mass is 543 g/mol. The molecule has 0 aliphatic carbocycles. The average molecular weight is 544 g/mol. The van der Waals surface area contributed by atoms with Crippen molar-refractivity contribution in [2.24, 2.45) is 0 Å². The van der Waals surface area contributed by atoms with Crippen LogP contribution in [0.2, 0.25) is 0 Å². The van der Waals surface area contributed by atoms with E-state index >= 15 is 0 Å². The van der Waals surface area contributed by atoms with Crippen molar-refractivity contribution >= 4 is 23.5 Å². The first-order chi connectivity index (χ1) is 19.3. The molecule has 1 saturated heterocycles. The molecule has 0 aromatic heterocycles. The van der Waals surface area contributed by atoms with E-state index in [1.807, 2.05) is 24.3 Å². The number of anilines is 1. The number of rotatable bonds is 9. The number of carbonyl (C=O) groups is 3. The van der Waals surface area contributed by atoms with E-state index in [9.17, 15) is 19.5 Å². The van der Waals surface area contributed by atoms with Gasteiger partial charge in [-0.1, -0.05) is 42.5 Å². The number of methoxy groups -OCH3 is 2. The Morgan fingerprint density at radius 2 is 1.55 bits per heavy atom. The lowest BCUT2D eigenvalue weighted by Gasteiger charge is -2.39. The fourth-order valence-electron chi connectivity index (χ4n) is 5.71. The maximum Gasteiger partial charge on any atom is 0.305 e. The lowest BCUT2D eigenvalue weighted by Crippen LogP contribution is -2.47. The number of hydrogen-bond donors (Lipinski definition) is 1. The topological polar surface area (TPSA) is 99.6 Å². The van der Waals surface area contributed by atoms with Gasteiger partial charge >= 0.3 is 5.97 Å². The highest BCUT2D eigenvalue weighted by molar-refractivity contribution is 6.24. The van der Waals surface area contributed by atoms with E-state index in [1.54, 1.807) is 30.3 Å². The summed E-state index contributed by atoms with van der Waals surface area (Å²) in [4.78, 5) is 45.1. The van der Waals surface area contributed by atoms with Crippen LogP contribution < -0.4 is 14.4 Å². The summed E-state index contributed by atoms with van der Waals surface area (Å²) in [5.74, 6) is -1.27. The summed E-state index contributed by atoms with van der Waals surface area (Å²) in [5.41, 5.74) is 3.05. The Morgan fingerprint density at radius 3 is 2.20 bits per heavy atom. The molecule has 1 N–H and O–H groups in total. The Hall–Kier alpha value is -4.37. The summed E-state index contributed by atoms with van der Waals surface area (Å²) >= 11 is 0. The number of ether oxygens (including phenoxy) is 2. The molecule has 0 spiro atoms. The van der Waals surface area contributed by atoms with Gasteiger partial charge < -0.3 is 19.5 Å². The number of piperazine rings is 1. The smallest absolute Gasteiger partial charge is 0.305 e. The largest absolute Gasteiger partial charge is 0.493 e. The Balaban J connectivity index is 1.42. The molecular formula is C31H33N3O6. The fourth-order valence-corrected chi connectivity index (χ4v) is 5.71. The first-order valence-electron chi connectivity index (χ1n) is 13.3. The molecule has 0 radical (unpaired) electrons. The van der Waals surface area contributed by atoms with Gasteiger partial charge in [0.15, 0.2) is 11.5 Å². The molecule has 9 nitrogen and oxygen atoms in total. The maximum atomic E-state index is 13.9. The molecule has 2 aliphatic heterocycles. The predicted molar refractivity (Wildman–Crippen MR) is 150 cm³/mol. The van der Waals surface area contributed by atoms with E-state index in [2.05, 4.69) is 28.9 Å². The number of carboxylic acid groups (broad SMARTS) is 1. The molecule has 5 rings (SSSR count). The number of nitrogens with zero attached hydrogens (tertiary/aromatic N) is 3. The summed E-state index contributed by atoms with van der Waals surface area (Å²) in [6.45, 7) is 5.20. The molecule has 2 atom stereocenters. The van der Waals surface area contributed by atoms with Crippen molar-refractivity contribution in [3.05, 3.63) is 89.0 Å². The molecule has 0 saturated carbocycles. The van der Waals surface area contributed by atoms with Crippen LogP contribution in [0.5, 0.6) is 11.5 Å². The lowest BCUT2D eigenvalue weighted by molar-refractivity contribution is -0.138. The molecule has 1 fully saturated rings.